The summed E-state index contributed by atoms with van der Waals surface area (Å²) >= 11 is 13.1. The van der Waals surface area contributed by atoms with Crippen LogP contribution in [-0.4, -0.2) is 7.86 Å². The first kappa shape index (κ1) is 8.06. The number of nitrogens with two attached hydrogens (primary N) is 1. The van der Waals surface area contributed by atoms with Crippen molar-refractivity contribution in [2.75, 3.05) is 0 Å². The number of nitrogens with zero attached hydrogens (tertiary/aromatic N) is 2. The highest BCUT2D eigenvalue weighted by molar-refractivity contribution is 8.28. The second-order valence-electron chi connectivity index (χ2n) is 1.53. The first-order valence-corrected chi connectivity index (χ1v) is 4.17. The fourth-order valence-electron chi connectivity index (χ4n) is 0.379. The first-order valence-electron chi connectivity index (χ1n) is 2.01. The molecule has 1 aliphatic rings. The highest BCUT2D eigenvalue weighted by atomic mass is 32.2. The van der Waals surface area contributed by atoms with E-state index >= 15 is 0 Å². The second kappa shape index (κ2) is 2.23. The summed E-state index contributed by atoms with van der Waals surface area (Å²) in [7, 11) is 0. The molecule has 0 saturated heterocycles. The largest absolute Gasteiger partial charge is 0.288 e. The molecule has 1 heterocycles. The van der Waals surface area contributed by atoms with Gasteiger partial charge in [0.1, 0.15) is 0 Å². The summed E-state index contributed by atoms with van der Waals surface area (Å²) in [6.45, 7) is 0. The molecule has 2 N–H and O–H groups in total. The molecule has 0 fully saturated rings. The molecule has 7 heteroatoms. The molecule has 52 valence electrons. The van der Waals surface area contributed by atoms with Gasteiger partial charge in [0.25, 0.3) is 0 Å². The Labute approximate surface area is 73.5 Å². The topological polar surface area (TPSA) is 50.7 Å². The fourth-order valence-corrected chi connectivity index (χ4v) is 2.74. The predicted octanol–water partition coefficient (Wildman–Crippen LogP) is 1.16. The normalized spacial score (nSPS) is 39.6. The highest BCUT2D eigenvalue weighted by Crippen LogP contribution is 2.49. The molecule has 0 aromatic carbocycles. The van der Waals surface area contributed by atoms with Crippen LogP contribution in [0.15, 0.2) is 10.2 Å². The Morgan fingerprint density at radius 2 is 1.78 bits per heavy atom. The van der Waals surface area contributed by atoms with E-state index < -0.39 is 7.86 Å². The van der Waals surface area contributed by atoms with Crippen LogP contribution in [0.25, 0.3) is 0 Å². The van der Waals surface area contributed by atoms with Gasteiger partial charge >= 0.3 is 0 Å². The van der Waals surface area contributed by atoms with Gasteiger partial charge in [0, 0.05) is 0 Å². The van der Waals surface area contributed by atoms with Crippen LogP contribution >= 0.6 is 49.6 Å². The molecule has 0 radical (unpaired) electrons. The lowest BCUT2D eigenvalue weighted by Crippen LogP contribution is -2.24. The fraction of sp³-hybridized carbons (Fsp3) is 1.00. The second-order valence-corrected chi connectivity index (χ2v) is 6.19. The Bertz CT molecular complexity index is 136. The van der Waals surface area contributed by atoms with Crippen LogP contribution in [0.2, 0.25) is 0 Å². The number of rotatable bonds is 0. The molecule has 9 heavy (non-hydrogen) atoms. The molecule has 0 saturated carbocycles. The van der Waals surface area contributed by atoms with E-state index in [-0.39, 0.29) is 0 Å². The van der Waals surface area contributed by atoms with Gasteiger partial charge in [-0.2, -0.15) is 5.11 Å². The molecule has 0 aromatic rings. The van der Waals surface area contributed by atoms with E-state index in [0.29, 0.717) is 0 Å². The maximum atomic E-state index is 5.42. The number of thioether (sulfide) groups is 1. The van der Waals surface area contributed by atoms with Gasteiger partial charge in [-0.1, -0.05) is 11.8 Å². The smallest absolute Gasteiger partial charge is 0.224 e. The van der Waals surface area contributed by atoms with E-state index in [4.69, 9.17) is 5.73 Å². The number of hydrogen-bond donors (Lipinski definition) is 4. The van der Waals surface area contributed by atoms with Crippen molar-refractivity contribution in [3.8, 4) is 0 Å². The van der Waals surface area contributed by atoms with Crippen LogP contribution in [0.3, 0.4) is 0 Å². The SMILES string of the molecule is NC1(S)N=NC(S)(S)S1. The van der Waals surface area contributed by atoms with Crippen molar-refractivity contribution >= 4 is 49.6 Å². The Balaban J connectivity index is 2.71. The van der Waals surface area contributed by atoms with E-state index in [2.05, 4.69) is 48.1 Å². The summed E-state index contributed by atoms with van der Waals surface area (Å²) in [6.07, 6.45) is 0. The number of thiol groups is 3. The van der Waals surface area contributed by atoms with Gasteiger partial charge in [0.05, 0.1) is 0 Å². The van der Waals surface area contributed by atoms with E-state index in [1.54, 1.807) is 0 Å². The lowest BCUT2D eigenvalue weighted by atomic mass is 11.2. The van der Waals surface area contributed by atoms with Gasteiger partial charge in [0.2, 0.25) is 7.86 Å². The minimum Gasteiger partial charge on any atom is -0.288 e. The third-order valence-electron chi connectivity index (χ3n) is 0.611. The molecular weight excluding hydrogens is 194 g/mol. The van der Waals surface area contributed by atoms with Crippen LogP contribution in [0, 0.1) is 0 Å². The minimum atomic E-state index is -0.955. The van der Waals surface area contributed by atoms with Crippen molar-refractivity contribution < 1.29 is 0 Å². The van der Waals surface area contributed by atoms with E-state index in [0.717, 1.165) is 11.8 Å². The van der Waals surface area contributed by atoms with E-state index in [1.807, 2.05) is 0 Å². The zero-order valence-electron chi connectivity index (χ0n) is 4.22. The van der Waals surface area contributed by atoms with Gasteiger partial charge < -0.3 is 0 Å². The van der Waals surface area contributed by atoms with Gasteiger partial charge in [-0.15, -0.1) is 43.0 Å². The molecule has 1 rings (SSSR count). The summed E-state index contributed by atoms with van der Waals surface area (Å²) in [6, 6.07) is 0. The average Bonchev–Trinajstić information content (AvgIpc) is 1.78. The van der Waals surface area contributed by atoms with Crippen LogP contribution in [0.4, 0.5) is 0 Å². The molecule has 0 spiro atoms. The van der Waals surface area contributed by atoms with Gasteiger partial charge in [-0.25, -0.2) is 0 Å². The molecular formula is C2H5N3S4. The lowest BCUT2D eigenvalue weighted by Gasteiger charge is -2.13. The van der Waals surface area contributed by atoms with Gasteiger partial charge in [-0.05, 0) is 0 Å². The van der Waals surface area contributed by atoms with Crippen LogP contribution < -0.4 is 5.73 Å². The number of hydrogen-bond acceptors (Lipinski definition) is 7. The zero-order chi connectivity index (χ0) is 7.12. The van der Waals surface area contributed by atoms with Crippen molar-refractivity contribution in [2.24, 2.45) is 16.0 Å². The molecule has 1 aliphatic heterocycles. The van der Waals surface area contributed by atoms with Gasteiger partial charge in [0.15, 0.2) is 0 Å². The van der Waals surface area contributed by atoms with Crippen molar-refractivity contribution in [1.82, 2.24) is 0 Å². The van der Waals surface area contributed by atoms with Gasteiger partial charge in [-0.3, -0.25) is 5.73 Å². The Morgan fingerprint density at radius 1 is 1.22 bits per heavy atom. The summed E-state index contributed by atoms with van der Waals surface area (Å²) < 4.78 is -1.76. The quantitative estimate of drug-likeness (QED) is 0.349. The van der Waals surface area contributed by atoms with Crippen LogP contribution in [0.5, 0.6) is 0 Å². The van der Waals surface area contributed by atoms with Crippen molar-refractivity contribution in [1.29, 1.82) is 0 Å². The molecule has 1 unspecified atom stereocenters. The molecule has 0 amide bonds. The number of azo groups is 1. The molecule has 0 aliphatic carbocycles. The third-order valence-corrected chi connectivity index (χ3v) is 2.44. The maximum absolute atomic E-state index is 5.42. The summed E-state index contributed by atoms with van der Waals surface area (Å²) in [5, 5.41) is 7.23. The molecule has 0 bridgehead atoms. The van der Waals surface area contributed by atoms with Crippen molar-refractivity contribution in [2.45, 2.75) is 7.86 Å². The standard InChI is InChI=1S/C2H5N3S4/c3-1(6)4-5-2(7,8)9-1/h6-8H,3H2. The minimum absolute atomic E-state index is 0.809. The first-order chi connectivity index (χ1) is 3.91. The third kappa shape index (κ3) is 2.23. The molecule has 1 atom stereocenters. The van der Waals surface area contributed by atoms with Crippen LogP contribution in [0.1, 0.15) is 0 Å². The molecule has 0 aromatic heterocycles. The monoisotopic (exact) mass is 199 g/mol. The predicted molar refractivity (Wildman–Crippen MR) is 49.1 cm³/mol. The lowest BCUT2D eigenvalue weighted by molar-refractivity contribution is 0.857. The van der Waals surface area contributed by atoms with E-state index in [9.17, 15) is 0 Å². The van der Waals surface area contributed by atoms with Crippen molar-refractivity contribution in [3.63, 3.8) is 0 Å². The Morgan fingerprint density at radius 3 is 1.89 bits per heavy atom. The van der Waals surface area contributed by atoms with Crippen LogP contribution in [-0.2, 0) is 0 Å². The Kier molecular flexibility index (Phi) is 2.00. The van der Waals surface area contributed by atoms with Crippen molar-refractivity contribution in [3.05, 3.63) is 0 Å². The zero-order valence-corrected chi connectivity index (χ0v) is 7.72. The van der Waals surface area contributed by atoms with E-state index in [1.165, 1.54) is 0 Å². The Hall–Kier alpha value is 0.960. The summed E-state index contributed by atoms with van der Waals surface area (Å²) in [5.74, 6) is 0. The molecule has 3 nitrogen and oxygen atoms in total. The maximum Gasteiger partial charge on any atom is 0.224 e. The average molecular weight is 199 g/mol. The summed E-state index contributed by atoms with van der Waals surface area (Å²) in [4.78, 5) is 0. The summed E-state index contributed by atoms with van der Waals surface area (Å²) in [5.41, 5.74) is 5.42. The highest BCUT2D eigenvalue weighted by Gasteiger charge is 2.38.